The molecule has 2 N–H and O–H groups in total. The number of aliphatic hydroxyl groups excluding tert-OH is 2. The fourth-order valence-corrected chi connectivity index (χ4v) is 3.12. The van der Waals surface area contributed by atoms with Gasteiger partial charge >= 0.3 is 0 Å². The van der Waals surface area contributed by atoms with Gasteiger partial charge in [0, 0.05) is 11.8 Å². The monoisotopic (exact) mass is 314 g/mol. The smallest absolute Gasteiger partial charge is 0.179 e. The van der Waals surface area contributed by atoms with Crippen LogP contribution in [0.5, 0.6) is 0 Å². The molecule has 7 heteroatoms. The number of benzene rings is 1. The van der Waals surface area contributed by atoms with Gasteiger partial charge in [-0.05, 0) is 19.1 Å². The standard InChI is InChI=1S/C16H18N4O3/c1-10-13(21)14(22)16(23-10)20-15-11(7-17-9-18-15)8-19(20)12-5-3-2-4-6-12/h2-7,9-10,13-14,16,21-22H,8H2,1H3/t10-,13-,14-,16-/m1/s1. The first kappa shape index (κ1) is 14.4. The van der Waals surface area contributed by atoms with Crippen LogP contribution in [0.4, 0.5) is 11.5 Å². The third-order valence-corrected chi connectivity index (χ3v) is 4.33. The fraction of sp³-hybridized carbons (Fsp3) is 0.375. The van der Waals surface area contributed by atoms with Crippen molar-refractivity contribution in [2.45, 2.75) is 38.0 Å². The van der Waals surface area contributed by atoms with E-state index >= 15 is 0 Å². The number of rotatable bonds is 2. The summed E-state index contributed by atoms with van der Waals surface area (Å²) in [5, 5.41) is 24.2. The summed E-state index contributed by atoms with van der Waals surface area (Å²) >= 11 is 0. The fourth-order valence-electron chi connectivity index (χ4n) is 3.12. The van der Waals surface area contributed by atoms with E-state index in [-0.39, 0.29) is 0 Å². The Hall–Kier alpha value is -2.22. The van der Waals surface area contributed by atoms with Gasteiger partial charge in [0.2, 0.25) is 0 Å². The van der Waals surface area contributed by atoms with Gasteiger partial charge in [0.05, 0.1) is 18.3 Å². The van der Waals surface area contributed by atoms with Crippen molar-refractivity contribution in [3.8, 4) is 0 Å². The van der Waals surface area contributed by atoms with Gasteiger partial charge in [-0.15, -0.1) is 0 Å². The van der Waals surface area contributed by atoms with Crippen molar-refractivity contribution in [1.29, 1.82) is 0 Å². The highest BCUT2D eigenvalue weighted by Gasteiger charge is 2.48. The molecule has 3 heterocycles. The van der Waals surface area contributed by atoms with E-state index in [1.54, 1.807) is 13.1 Å². The van der Waals surface area contributed by atoms with Crippen LogP contribution in [0.15, 0.2) is 42.9 Å². The molecule has 1 aromatic carbocycles. The molecule has 1 saturated heterocycles. The van der Waals surface area contributed by atoms with Gasteiger partial charge in [0.1, 0.15) is 18.5 Å². The van der Waals surface area contributed by atoms with Crippen LogP contribution in [0.25, 0.3) is 0 Å². The molecule has 0 unspecified atom stereocenters. The summed E-state index contributed by atoms with van der Waals surface area (Å²) in [7, 11) is 0. The normalized spacial score (nSPS) is 29.9. The van der Waals surface area contributed by atoms with Crippen molar-refractivity contribution in [2.24, 2.45) is 0 Å². The molecule has 2 aliphatic heterocycles. The maximum atomic E-state index is 10.4. The van der Waals surface area contributed by atoms with E-state index in [1.807, 2.05) is 40.3 Å². The van der Waals surface area contributed by atoms with E-state index in [2.05, 4.69) is 9.97 Å². The zero-order chi connectivity index (χ0) is 16.0. The van der Waals surface area contributed by atoms with Crippen LogP contribution < -0.4 is 10.0 Å². The van der Waals surface area contributed by atoms with Gasteiger partial charge in [0.25, 0.3) is 0 Å². The zero-order valence-electron chi connectivity index (χ0n) is 12.6. The van der Waals surface area contributed by atoms with Crippen LogP contribution in [0, 0.1) is 0 Å². The Morgan fingerprint density at radius 1 is 1.17 bits per heavy atom. The van der Waals surface area contributed by atoms with Crippen LogP contribution in [0.3, 0.4) is 0 Å². The average molecular weight is 314 g/mol. The van der Waals surface area contributed by atoms with Crippen LogP contribution >= 0.6 is 0 Å². The highest BCUT2D eigenvalue weighted by atomic mass is 16.6. The second-order valence-corrected chi connectivity index (χ2v) is 5.82. The summed E-state index contributed by atoms with van der Waals surface area (Å²) in [6.07, 6.45) is 0.150. The first-order valence-corrected chi connectivity index (χ1v) is 7.59. The molecule has 4 rings (SSSR count). The summed E-state index contributed by atoms with van der Waals surface area (Å²) in [6.45, 7) is 2.33. The maximum absolute atomic E-state index is 10.4. The number of hydrazine groups is 1. The van der Waals surface area contributed by atoms with Gasteiger partial charge in [-0.3, -0.25) is 5.01 Å². The minimum absolute atomic E-state index is 0.446. The third kappa shape index (κ3) is 2.24. The molecule has 2 aromatic rings. The van der Waals surface area contributed by atoms with E-state index in [0.29, 0.717) is 12.4 Å². The second kappa shape index (κ2) is 5.45. The van der Waals surface area contributed by atoms with Crippen LogP contribution in [-0.2, 0) is 11.3 Å². The van der Waals surface area contributed by atoms with Crippen LogP contribution in [-0.4, -0.2) is 44.7 Å². The van der Waals surface area contributed by atoms with Gasteiger partial charge in [-0.2, -0.15) is 0 Å². The molecule has 0 aliphatic carbocycles. The minimum atomic E-state index is -1.02. The predicted octanol–water partition coefficient (Wildman–Crippen LogP) is 0.685. The highest BCUT2D eigenvalue weighted by Crippen LogP contribution is 2.37. The van der Waals surface area contributed by atoms with Gasteiger partial charge in [0.15, 0.2) is 12.0 Å². The molecule has 0 bridgehead atoms. The average Bonchev–Trinajstić information content (AvgIpc) is 3.08. The molecular weight excluding hydrogens is 296 g/mol. The lowest BCUT2D eigenvalue weighted by molar-refractivity contribution is 0.0135. The topological polar surface area (TPSA) is 82.0 Å². The lowest BCUT2D eigenvalue weighted by Gasteiger charge is -2.36. The van der Waals surface area contributed by atoms with Crippen molar-refractivity contribution < 1.29 is 14.9 Å². The number of nitrogens with zero attached hydrogens (tertiary/aromatic N) is 4. The summed E-state index contributed by atoms with van der Waals surface area (Å²) < 4.78 is 5.80. The Bertz CT molecular complexity index is 699. The number of hydrogen-bond donors (Lipinski definition) is 2. The molecular formula is C16H18N4O3. The van der Waals surface area contributed by atoms with Crippen molar-refractivity contribution in [2.75, 3.05) is 10.0 Å². The number of anilines is 2. The third-order valence-electron chi connectivity index (χ3n) is 4.33. The SMILES string of the molecule is C[C@H]1O[C@@H](N2c3ncncc3CN2c2ccccc2)[C@H](O)[C@@H]1O. The van der Waals surface area contributed by atoms with E-state index in [0.717, 1.165) is 11.3 Å². The largest absolute Gasteiger partial charge is 0.388 e. The molecule has 0 spiro atoms. The zero-order valence-corrected chi connectivity index (χ0v) is 12.6. The van der Waals surface area contributed by atoms with Gasteiger partial charge in [-0.1, -0.05) is 18.2 Å². The molecule has 0 saturated carbocycles. The lowest BCUT2D eigenvalue weighted by atomic mass is 10.1. The summed E-state index contributed by atoms with van der Waals surface area (Å²) in [5.41, 5.74) is 1.90. The van der Waals surface area contributed by atoms with Gasteiger partial charge in [-0.25, -0.2) is 15.0 Å². The second-order valence-electron chi connectivity index (χ2n) is 5.82. The Kier molecular flexibility index (Phi) is 3.41. The van der Waals surface area contributed by atoms with Crippen LogP contribution in [0.2, 0.25) is 0 Å². The summed E-state index contributed by atoms with van der Waals surface area (Å²) in [4.78, 5) is 8.42. The lowest BCUT2D eigenvalue weighted by Crippen LogP contribution is -2.51. The molecule has 1 aromatic heterocycles. The van der Waals surface area contributed by atoms with Crippen molar-refractivity contribution >= 4 is 11.5 Å². The number of aromatic nitrogens is 2. The quantitative estimate of drug-likeness (QED) is 0.843. The number of fused-ring (bicyclic) bond motifs is 1. The van der Waals surface area contributed by atoms with E-state index in [4.69, 9.17) is 4.74 Å². The first-order valence-electron chi connectivity index (χ1n) is 7.59. The molecule has 0 radical (unpaired) electrons. The number of hydrogen-bond acceptors (Lipinski definition) is 7. The van der Waals surface area contributed by atoms with E-state index in [1.165, 1.54) is 6.33 Å². The van der Waals surface area contributed by atoms with Crippen LogP contribution in [0.1, 0.15) is 12.5 Å². The van der Waals surface area contributed by atoms with Gasteiger partial charge < -0.3 is 14.9 Å². The van der Waals surface area contributed by atoms with Crippen molar-refractivity contribution in [3.63, 3.8) is 0 Å². The molecule has 1 fully saturated rings. The van der Waals surface area contributed by atoms with E-state index in [9.17, 15) is 10.2 Å². The molecule has 120 valence electrons. The maximum Gasteiger partial charge on any atom is 0.179 e. The molecule has 7 nitrogen and oxygen atoms in total. The predicted molar refractivity (Wildman–Crippen MR) is 83.5 cm³/mol. The molecule has 0 amide bonds. The summed E-state index contributed by atoms with van der Waals surface area (Å²) in [5.74, 6) is 0.689. The Labute approximate surface area is 133 Å². The molecule has 4 atom stereocenters. The van der Waals surface area contributed by atoms with Crippen molar-refractivity contribution in [1.82, 2.24) is 9.97 Å². The molecule has 23 heavy (non-hydrogen) atoms. The number of aliphatic hydroxyl groups is 2. The number of ether oxygens (including phenoxy) is 1. The Morgan fingerprint density at radius 3 is 2.65 bits per heavy atom. The first-order chi connectivity index (χ1) is 11.2. The number of para-hydroxylation sites is 1. The summed E-state index contributed by atoms with van der Waals surface area (Å²) in [6, 6.07) is 9.81. The Morgan fingerprint density at radius 2 is 1.96 bits per heavy atom. The minimum Gasteiger partial charge on any atom is -0.388 e. The van der Waals surface area contributed by atoms with E-state index < -0.39 is 24.5 Å². The molecule has 2 aliphatic rings. The van der Waals surface area contributed by atoms with Crippen molar-refractivity contribution in [3.05, 3.63) is 48.4 Å². The Balaban J connectivity index is 1.76. The highest BCUT2D eigenvalue weighted by molar-refractivity contribution is 5.63.